The van der Waals surface area contributed by atoms with Crippen molar-refractivity contribution < 1.29 is 0 Å². The number of nitrogens with zero attached hydrogens (tertiary/aromatic N) is 2. The summed E-state index contributed by atoms with van der Waals surface area (Å²) in [4.78, 5) is 8.13. The van der Waals surface area contributed by atoms with Gasteiger partial charge < -0.3 is 5.32 Å². The minimum absolute atomic E-state index is 0.0389. The van der Waals surface area contributed by atoms with Gasteiger partial charge in [-0.05, 0) is 27.2 Å². The van der Waals surface area contributed by atoms with Crippen LogP contribution in [0.3, 0.4) is 0 Å². The van der Waals surface area contributed by atoms with Crippen LogP contribution in [-0.4, -0.2) is 15.5 Å². The molecule has 0 radical (unpaired) electrons. The molecule has 0 aliphatic carbocycles. The van der Waals surface area contributed by atoms with Gasteiger partial charge in [0.05, 0.1) is 0 Å². The van der Waals surface area contributed by atoms with Gasteiger partial charge in [0.1, 0.15) is 17.3 Å². The highest BCUT2D eigenvalue weighted by Gasteiger charge is 2.18. The number of rotatable bonds is 4. The number of halogens is 1. The van der Waals surface area contributed by atoms with Gasteiger partial charge in [-0.1, -0.05) is 24.9 Å². The van der Waals surface area contributed by atoms with Crippen LogP contribution in [0.2, 0.25) is 5.15 Å². The number of hydrogen-bond donors (Lipinski definition) is 1. The molecule has 0 aliphatic heterocycles. The maximum absolute atomic E-state index is 5.93. The van der Waals surface area contributed by atoms with Crippen LogP contribution in [0.25, 0.3) is 0 Å². The Morgan fingerprint density at radius 2 is 2.07 bits per heavy atom. The number of hydrogen-bond acceptors (Lipinski definition) is 3. The summed E-state index contributed by atoms with van der Waals surface area (Å²) in [6, 6.07) is 0. The van der Waals surface area contributed by atoms with Crippen molar-refractivity contribution in [2.75, 3.05) is 5.32 Å². The smallest absolute Gasteiger partial charge is 0.137 e. The summed E-state index contributed by atoms with van der Waals surface area (Å²) in [6.45, 7) is 8.41. The fraction of sp³-hybridized carbons (Fsp3) is 0.636. The van der Waals surface area contributed by atoms with Crippen LogP contribution < -0.4 is 5.32 Å². The van der Waals surface area contributed by atoms with Gasteiger partial charge in [0, 0.05) is 11.1 Å². The van der Waals surface area contributed by atoms with Gasteiger partial charge in [-0.25, -0.2) is 9.97 Å². The Labute approximate surface area is 96.3 Å². The zero-order valence-corrected chi connectivity index (χ0v) is 10.5. The van der Waals surface area contributed by atoms with Gasteiger partial charge in [0.2, 0.25) is 0 Å². The minimum atomic E-state index is 0.0389. The first kappa shape index (κ1) is 12.2. The summed E-state index contributed by atoms with van der Waals surface area (Å²) in [6.07, 6.45) is 3.71. The van der Waals surface area contributed by atoms with Crippen LogP contribution in [0.4, 0.5) is 5.82 Å². The molecule has 0 aromatic carbocycles. The molecule has 0 saturated heterocycles. The third-order valence-corrected chi connectivity index (χ3v) is 2.74. The number of anilines is 1. The molecule has 0 fully saturated rings. The molecular formula is C11H18ClN3. The summed E-state index contributed by atoms with van der Waals surface area (Å²) in [5.74, 6) is 0.827. The standard InChI is InChI=1S/C11H18ClN3/c1-5-6-11(3,4)15-10-8(2)9(12)13-7-14-10/h7H,5-6H2,1-4H3,(H,13,14,15). The predicted octanol–water partition coefficient (Wildman–Crippen LogP) is 3.43. The second kappa shape index (κ2) is 4.79. The Kier molecular flexibility index (Phi) is 3.91. The van der Waals surface area contributed by atoms with E-state index in [4.69, 9.17) is 11.6 Å². The molecule has 1 heterocycles. The van der Waals surface area contributed by atoms with E-state index in [0.29, 0.717) is 5.15 Å². The average Bonchev–Trinajstić information content (AvgIpc) is 2.12. The highest BCUT2D eigenvalue weighted by molar-refractivity contribution is 6.30. The van der Waals surface area contributed by atoms with E-state index in [2.05, 4.69) is 36.1 Å². The Morgan fingerprint density at radius 1 is 1.40 bits per heavy atom. The molecule has 0 saturated carbocycles. The summed E-state index contributed by atoms with van der Waals surface area (Å²) < 4.78 is 0. The molecule has 1 aromatic heterocycles. The van der Waals surface area contributed by atoms with Gasteiger partial charge in [0.25, 0.3) is 0 Å². The van der Waals surface area contributed by atoms with Crippen molar-refractivity contribution in [1.29, 1.82) is 0 Å². The van der Waals surface area contributed by atoms with Crippen molar-refractivity contribution in [1.82, 2.24) is 9.97 Å². The molecule has 84 valence electrons. The number of aromatic nitrogens is 2. The molecule has 1 aromatic rings. The molecule has 1 rings (SSSR count). The molecule has 0 spiro atoms. The fourth-order valence-corrected chi connectivity index (χ4v) is 1.70. The molecular weight excluding hydrogens is 210 g/mol. The summed E-state index contributed by atoms with van der Waals surface area (Å²) in [5.41, 5.74) is 0.945. The second-order valence-corrected chi connectivity index (χ2v) is 4.75. The lowest BCUT2D eigenvalue weighted by Crippen LogP contribution is -2.31. The van der Waals surface area contributed by atoms with Crippen LogP contribution >= 0.6 is 11.6 Å². The van der Waals surface area contributed by atoms with Crippen LogP contribution in [0.15, 0.2) is 6.33 Å². The predicted molar refractivity (Wildman–Crippen MR) is 64.4 cm³/mol. The first-order chi connectivity index (χ1) is 6.96. The second-order valence-electron chi connectivity index (χ2n) is 4.40. The van der Waals surface area contributed by atoms with Crippen LogP contribution in [0, 0.1) is 6.92 Å². The largest absolute Gasteiger partial charge is 0.365 e. The average molecular weight is 228 g/mol. The van der Waals surface area contributed by atoms with Crippen molar-refractivity contribution in [2.24, 2.45) is 0 Å². The van der Waals surface area contributed by atoms with E-state index in [1.165, 1.54) is 6.33 Å². The van der Waals surface area contributed by atoms with E-state index in [9.17, 15) is 0 Å². The van der Waals surface area contributed by atoms with Gasteiger partial charge in [0.15, 0.2) is 0 Å². The highest BCUT2D eigenvalue weighted by Crippen LogP contribution is 2.23. The Hall–Kier alpha value is -0.830. The fourth-order valence-electron chi connectivity index (χ4n) is 1.56. The third-order valence-electron chi connectivity index (χ3n) is 2.35. The Morgan fingerprint density at radius 3 is 2.67 bits per heavy atom. The van der Waals surface area contributed by atoms with E-state index in [-0.39, 0.29) is 5.54 Å². The summed E-state index contributed by atoms with van der Waals surface area (Å²) in [7, 11) is 0. The van der Waals surface area contributed by atoms with Crippen molar-refractivity contribution in [3.05, 3.63) is 17.0 Å². The van der Waals surface area contributed by atoms with Crippen molar-refractivity contribution in [3.8, 4) is 0 Å². The van der Waals surface area contributed by atoms with Crippen molar-refractivity contribution in [3.63, 3.8) is 0 Å². The SMILES string of the molecule is CCCC(C)(C)Nc1ncnc(Cl)c1C. The van der Waals surface area contributed by atoms with Gasteiger partial charge >= 0.3 is 0 Å². The zero-order valence-electron chi connectivity index (χ0n) is 9.76. The molecule has 1 N–H and O–H groups in total. The van der Waals surface area contributed by atoms with Gasteiger partial charge in [-0.2, -0.15) is 0 Å². The van der Waals surface area contributed by atoms with Crippen LogP contribution in [0.1, 0.15) is 39.2 Å². The zero-order chi connectivity index (χ0) is 11.5. The quantitative estimate of drug-likeness (QED) is 0.801. The lowest BCUT2D eigenvalue weighted by atomic mass is 9.99. The van der Waals surface area contributed by atoms with Crippen molar-refractivity contribution >= 4 is 17.4 Å². The molecule has 0 bridgehead atoms. The van der Waals surface area contributed by atoms with E-state index >= 15 is 0 Å². The van der Waals surface area contributed by atoms with Crippen LogP contribution in [0.5, 0.6) is 0 Å². The molecule has 0 aliphatic rings. The lowest BCUT2D eigenvalue weighted by Gasteiger charge is -2.27. The van der Waals surface area contributed by atoms with E-state index in [1.807, 2.05) is 6.92 Å². The first-order valence-electron chi connectivity index (χ1n) is 5.21. The van der Waals surface area contributed by atoms with Crippen LogP contribution in [-0.2, 0) is 0 Å². The van der Waals surface area contributed by atoms with Gasteiger partial charge in [-0.15, -0.1) is 0 Å². The Balaban J connectivity index is 2.85. The highest BCUT2D eigenvalue weighted by atomic mass is 35.5. The maximum atomic E-state index is 5.93. The lowest BCUT2D eigenvalue weighted by molar-refractivity contribution is 0.508. The van der Waals surface area contributed by atoms with Crippen molar-refractivity contribution in [2.45, 2.75) is 46.1 Å². The Bertz CT molecular complexity index is 337. The molecule has 0 unspecified atom stereocenters. The molecule has 0 amide bonds. The monoisotopic (exact) mass is 227 g/mol. The summed E-state index contributed by atoms with van der Waals surface area (Å²) >= 11 is 5.93. The molecule has 4 heteroatoms. The topological polar surface area (TPSA) is 37.8 Å². The molecule has 15 heavy (non-hydrogen) atoms. The minimum Gasteiger partial charge on any atom is -0.365 e. The number of nitrogens with one attached hydrogen (secondary N) is 1. The summed E-state index contributed by atoms with van der Waals surface area (Å²) in [5, 5.41) is 3.91. The van der Waals surface area contributed by atoms with E-state index in [1.54, 1.807) is 0 Å². The maximum Gasteiger partial charge on any atom is 0.137 e. The third kappa shape index (κ3) is 3.34. The first-order valence-corrected chi connectivity index (χ1v) is 5.59. The van der Waals surface area contributed by atoms with E-state index < -0.39 is 0 Å². The van der Waals surface area contributed by atoms with Gasteiger partial charge in [-0.3, -0.25) is 0 Å². The molecule has 3 nitrogen and oxygen atoms in total. The molecule has 0 atom stereocenters. The normalized spacial score (nSPS) is 11.5. The van der Waals surface area contributed by atoms with E-state index in [0.717, 1.165) is 24.2 Å².